The minimum atomic E-state index is 0.0581. The van der Waals surface area contributed by atoms with Gasteiger partial charge in [0.25, 0.3) is 0 Å². The van der Waals surface area contributed by atoms with E-state index in [9.17, 15) is 0 Å². The Hall–Kier alpha value is -1.16. The summed E-state index contributed by atoms with van der Waals surface area (Å²) in [5.41, 5.74) is 7.04. The monoisotopic (exact) mass is 234 g/mol. The summed E-state index contributed by atoms with van der Waals surface area (Å²) < 4.78 is 0. The van der Waals surface area contributed by atoms with Crippen LogP contribution in [-0.2, 0) is 0 Å². The first-order valence-corrected chi connectivity index (χ1v) is 6.45. The molecule has 0 spiro atoms. The Balaban J connectivity index is 2.14. The molecule has 0 aromatic carbocycles. The maximum Gasteiger partial charge on any atom is 0.130 e. The third kappa shape index (κ3) is 2.75. The fourth-order valence-electron chi connectivity index (χ4n) is 2.46. The third-order valence-corrected chi connectivity index (χ3v) is 3.62. The molecule has 1 fully saturated rings. The summed E-state index contributed by atoms with van der Waals surface area (Å²) in [7, 11) is 0. The molecule has 1 aliphatic rings. The molecule has 0 bridgehead atoms. The van der Waals surface area contributed by atoms with E-state index >= 15 is 0 Å². The number of rotatable bonds is 4. The molecular weight excluding hydrogens is 212 g/mol. The highest BCUT2D eigenvalue weighted by molar-refractivity contribution is 5.39. The van der Waals surface area contributed by atoms with Gasteiger partial charge in [0.1, 0.15) is 12.1 Å². The molecule has 1 heterocycles. The standard InChI is InChI=1S/C13H22N4/c1-10(2)11-7-12(16-9-15-11)17-13(8-14)5-3-4-6-13/h7,9-10H,3-6,8,14H2,1-2H3,(H,15,16,17). The van der Waals surface area contributed by atoms with E-state index in [1.54, 1.807) is 6.33 Å². The van der Waals surface area contributed by atoms with Gasteiger partial charge in [0.15, 0.2) is 0 Å². The first kappa shape index (κ1) is 12.3. The van der Waals surface area contributed by atoms with Crippen molar-refractivity contribution in [3.05, 3.63) is 18.1 Å². The lowest BCUT2D eigenvalue weighted by Crippen LogP contribution is -2.43. The Bertz CT molecular complexity index is 369. The van der Waals surface area contributed by atoms with Crippen molar-refractivity contribution >= 4 is 5.82 Å². The van der Waals surface area contributed by atoms with Crippen molar-refractivity contribution in [1.82, 2.24) is 9.97 Å². The lowest BCUT2D eigenvalue weighted by molar-refractivity contribution is 0.491. The highest BCUT2D eigenvalue weighted by Gasteiger charge is 2.32. The largest absolute Gasteiger partial charge is 0.363 e. The Morgan fingerprint density at radius 3 is 2.65 bits per heavy atom. The molecule has 1 aliphatic carbocycles. The molecule has 1 saturated carbocycles. The summed E-state index contributed by atoms with van der Waals surface area (Å²) in [5, 5.41) is 3.52. The van der Waals surface area contributed by atoms with Crippen LogP contribution in [0.1, 0.15) is 51.1 Å². The predicted octanol–water partition coefficient (Wildman–Crippen LogP) is 2.28. The maximum atomic E-state index is 5.91. The molecule has 0 saturated heterocycles. The van der Waals surface area contributed by atoms with Crippen LogP contribution < -0.4 is 11.1 Å². The summed E-state index contributed by atoms with van der Waals surface area (Å²) in [6.07, 6.45) is 6.44. The van der Waals surface area contributed by atoms with Crippen molar-refractivity contribution < 1.29 is 0 Å². The molecule has 1 aromatic rings. The molecule has 0 atom stereocenters. The minimum absolute atomic E-state index is 0.0581. The molecule has 94 valence electrons. The van der Waals surface area contributed by atoms with Crippen molar-refractivity contribution in [3.8, 4) is 0 Å². The molecule has 2 rings (SSSR count). The van der Waals surface area contributed by atoms with E-state index in [4.69, 9.17) is 5.73 Å². The van der Waals surface area contributed by atoms with Gasteiger partial charge < -0.3 is 11.1 Å². The number of anilines is 1. The van der Waals surface area contributed by atoms with Gasteiger partial charge in [0.05, 0.1) is 5.54 Å². The molecule has 0 amide bonds. The van der Waals surface area contributed by atoms with Crippen LogP contribution in [0.4, 0.5) is 5.82 Å². The lowest BCUT2D eigenvalue weighted by Gasteiger charge is -2.29. The van der Waals surface area contributed by atoms with Gasteiger partial charge in [0.2, 0.25) is 0 Å². The van der Waals surface area contributed by atoms with E-state index < -0.39 is 0 Å². The number of aromatic nitrogens is 2. The average molecular weight is 234 g/mol. The van der Waals surface area contributed by atoms with Gasteiger partial charge in [-0.2, -0.15) is 0 Å². The third-order valence-electron chi connectivity index (χ3n) is 3.62. The van der Waals surface area contributed by atoms with Crippen LogP contribution in [-0.4, -0.2) is 22.1 Å². The Labute approximate surface area is 103 Å². The Kier molecular flexibility index (Phi) is 3.62. The second-order valence-corrected chi connectivity index (χ2v) is 5.30. The van der Waals surface area contributed by atoms with Crippen molar-refractivity contribution in [2.24, 2.45) is 5.73 Å². The number of nitrogens with zero attached hydrogens (tertiary/aromatic N) is 2. The van der Waals surface area contributed by atoms with Crippen LogP contribution >= 0.6 is 0 Å². The van der Waals surface area contributed by atoms with E-state index in [0.717, 1.165) is 24.4 Å². The number of nitrogens with one attached hydrogen (secondary N) is 1. The zero-order valence-electron chi connectivity index (χ0n) is 10.7. The molecule has 0 radical (unpaired) electrons. The van der Waals surface area contributed by atoms with Crippen molar-refractivity contribution in [2.75, 3.05) is 11.9 Å². The van der Waals surface area contributed by atoms with Crippen LogP contribution in [0.5, 0.6) is 0 Å². The van der Waals surface area contributed by atoms with Crippen molar-refractivity contribution in [1.29, 1.82) is 0 Å². The van der Waals surface area contributed by atoms with Crippen LogP contribution in [0.3, 0.4) is 0 Å². The average Bonchev–Trinajstić information content (AvgIpc) is 2.78. The van der Waals surface area contributed by atoms with Gasteiger partial charge in [-0.25, -0.2) is 9.97 Å². The van der Waals surface area contributed by atoms with Gasteiger partial charge in [-0.3, -0.25) is 0 Å². The van der Waals surface area contributed by atoms with E-state index in [0.29, 0.717) is 12.5 Å². The van der Waals surface area contributed by atoms with Crippen LogP contribution in [0, 0.1) is 0 Å². The second kappa shape index (κ2) is 5.00. The second-order valence-electron chi connectivity index (χ2n) is 5.30. The number of nitrogens with two attached hydrogens (primary N) is 1. The molecule has 1 aromatic heterocycles. The fourth-order valence-corrected chi connectivity index (χ4v) is 2.46. The van der Waals surface area contributed by atoms with Gasteiger partial charge in [-0.1, -0.05) is 26.7 Å². The highest BCUT2D eigenvalue weighted by Crippen LogP contribution is 2.32. The molecule has 4 heteroatoms. The first-order chi connectivity index (χ1) is 8.15. The lowest BCUT2D eigenvalue weighted by atomic mass is 9.98. The van der Waals surface area contributed by atoms with Gasteiger partial charge >= 0.3 is 0 Å². The summed E-state index contributed by atoms with van der Waals surface area (Å²) in [5.74, 6) is 1.34. The predicted molar refractivity (Wildman–Crippen MR) is 70.0 cm³/mol. The molecule has 4 nitrogen and oxygen atoms in total. The van der Waals surface area contributed by atoms with Gasteiger partial charge in [-0.15, -0.1) is 0 Å². The maximum absolute atomic E-state index is 5.91. The normalized spacial score (nSPS) is 18.6. The van der Waals surface area contributed by atoms with Crippen LogP contribution in [0.15, 0.2) is 12.4 Å². The minimum Gasteiger partial charge on any atom is -0.363 e. The summed E-state index contributed by atoms with van der Waals surface area (Å²) in [6.45, 7) is 4.95. The van der Waals surface area contributed by atoms with E-state index in [2.05, 4.69) is 29.1 Å². The molecule has 0 aliphatic heterocycles. The number of hydrogen-bond acceptors (Lipinski definition) is 4. The van der Waals surface area contributed by atoms with Crippen molar-refractivity contribution in [2.45, 2.75) is 51.0 Å². The molecule has 0 unspecified atom stereocenters. The zero-order valence-corrected chi connectivity index (χ0v) is 10.7. The molecule has 17 heavy (non-hydrogen) atoms. The first-order valence-electron chi connectivity index (χ1n) is 6.45. The Morgan fingerprint density at radius 2 is 2.06 bits per heavy atom. The quantitative estimate of drug-likeness (QED) is 0.839. The zero-order chi connectivity index (χ0) is 12.3. The smallest absolute Gasteiger partial charge is 0.130 e. The summed E-state index contributed by atoms with van der Waals surface area (Å²) in [6, 6.07) is 2.04. The molecular formula is C13H22N4. The summed E-state index contributed by atoms with van der Waals surface area (Å²) in [4.78, 5) is 8.58. The van der Waals surface area contributed by atoms with Crippen LogP contribution in [0.25, 0.3) is 0 Å². The topological polar surface area (TPSA) is 63.8 Å². The highest BCUT2D eigenvalue weighted by atomic mass is 15.1. The van der Waals surface area contributed by atoms with Gasteiger partial charge in [-0.05, 0) is 18.8 Å². The van der Waals surface area contributed by atoms with Gasteiger partial charge in [0, 0.05) is 18.3 Å². The Morgan fingerprint density at radius 1 is 1.35 bits per heavy atom. The van der Waals surface area contributed by atoms with E-state index in [-0.39, 0.29) is 5.54 Å². The number of hydrogen-bond donors (Lipinski definition) is 2. The van der Waals surface area contributed by atoms with E-state index in [1.165, 1.54) is 12.8 Å². The fraction of sp³-hybridized carbons (Fsp3) is 0.692. The van der Waals surface area contributed by atoms with Crippen LogP contribution in [0.2, 0.25) is 0 Å². The van der Waals surface area contributed by atoms with Crippen molar-refractivity contribution in [3.63, 3.8) is 0 Å². The summed E-state index contributed by atoms with van der Waals surface area (Å²) >= 11 is 0. The van der Waals surface area contributed by atoms with E-state index in [1.807, 2.05) is 6.07 Å². The molecule has 3 N–H and O–H groups in total. The SMILES string of the molecule is CC(C)c1cc(NC2(CN)CCCC2)ncn1.